The van der Waals surface area contributed by atoms with Crippen LogP contribution in [-0.4, -0.2) is 29.5 Å². The molecule has 3 heterocycles. The molecule has 1 aliphatic heterocycles. The van der Waals surface area contributed by atoms with E-state index in [0.717, 1.165) is 41.0 Å². The van der Waals surface area contributed by atoms with E-state index in [0.29, 0.717) is 28.6 Å². The van der Waals surface area contributed by atoms with Crippen molar-refractivity contribution in [3.8, 4) is 17.0 Å². The summed E-state index contributed by atoms with van der Waals surface area (Å²) in [6.07, 6.45) is 4.88. The summed E-state index contributed by atoms with van der Waals surface area (Å²) in [4.78, 5) is 20.2. The maximum absolute atomic E-state index is 12.7. The summed E-state index contributed by atoms with van der Waals surface area (Å²) in [7, 11) is 1.61. The fourth-order valence-corrected chi connectivity index (χ4v) is 3.93. The third-order valence-electron chi connectivity index (χ3n) is 4.97. The monoisotopic (exact) mass is 396 g/mol. The lowest BCUT2D eigenvalue weighted by Gasteiger charge is -2.17. The van der Waals surface area contributed by atoms with Gasteiger partial charge in [0.15, 0.2) is 0 Å². The summed E-state index contributed by atoms with van der Waals surface area (Å²) in [5.74, 6) is 0.533. The molecule has 0 bridgehead atoms. The molecule has 7 heteroatoms. The molecule has 0 fully saturated rings. The van der Waals surface area contributed by atoms with Crippen LogP contribution >= 0.6 is 11.6 Å². The number of nitrogens with one attached hydrogen (secondary N) is 3. The quantitative estimate of drug-likeness (QED) is 0.599. The number of aromatic nitrogens is 2. The first kappa shape index (κ1) is 18.4. The van der Waals surface area contributed by atoms with E-state index >= 15 is 0 Å². The number of amides is 1. The number of methoxy groups -OCH3 is 1. The number of aromatic amines is 1. The van der Waals surface area contributed by atoms with Crippen LogP contribution in [0.4, 0.5) is 11.4 Å². The van der Waals surface area contributed by atoms with Gasteiger partial charge in [-0.05, 0) is 30.2 Å². The number of rotatable bonds is 5. The van der Waals surface area contributed by atoms with E-state index < -0.39 is 0 Å². The van der Waals surface area contributed by atoms with Gasteiger partial charge in [-0.1, -0.05) is 24.6 Å². The molecule has 6 nitrogen and oxygen atoms in total. The molecule has 1 aliphatic rings. The number of carbonyl (C=O) groups is 1. The number of pyridine rings is 1. The van der Waals surface area contributed by atoms with Gasteiger partial charge in [0.05, 0.1) is 30.3 Å². The Kier molecular flexibility index (Phi) is 4.96. The Hall–Kier alpha value is -2.99. The van der Waals surface area contributed by atoms with Crippen LogP contribution in [0.3, 0.4) is 0 Å². The molecular weight excluding hydrogens is 376 g/mol. The van der Waals surface area contributed by atoms with E-state index in [9.17, 15) is 4.79 Å². The number of nitrogens with zero attached hydrogens (tertiary/aromatic N) is 1. The zero-order valence-corrected chi connectivity index (χ0v) is 16.5. The van der Waals surface area contributed by atoms with Gasteiger partial charge in [-0.15, -0.1) is 0 Å². The molecule has 0 aliphatic carbocycles. The Morgan fingerprint density at radius 3 is 2.96 bits per heavy atom. The number of carbonyl (C=O) groups excluding carboxylic acids is 1. The van der Waals surface area contributed by atoms with Gasteiger partial charge in [0.2, 0.25) is 0 Å². The van der Waals surface area contributed by atoms with Crippen molar-refractivity contribution in [3.05, 3.63) is 58.5 Å². The number of anilines is 2. The molecular formula is C21H21ClN4O2. The van der Waals surface area contributed by atoms with Crippen LogP contribution in [-0.2, 0) is 12.8 Å². The van der Waals surface area contributed by atoms with Gasteiger partial charge in [0.1, 0.15) is 5.75 Å². The Labute approximate surface area is 168 Å². The van der Waals surface area contributed by atoms with Gasteiger partial charge in [-0.25, -0.2) is 0 Å². The molecule has 144 valence electrons. The van der Waals surface area contributed by atoms with Crippen LogP contribution in [0.5, 0.6) is 5.75 Å². The summed E-state index contributed by atoms with van der Waals surface area (Å²) in [6.45, 7) is 2.66. The number of H-pyrrole nitrogens is 1. The zero-order valence-electron chi connectivity index (χ0n) is 15.7. The summed E-state index contributed by atoms with van der Waals surface area (Å²) in [6, 6.07) is 7.61. The first-order valence-corrected chi connectivity index (χ1v) is 9.57. The topological polar surface area (TPSA) is 79.0 Å². The van der Waals surface area contributed by atoms with Crippen LogP contribution in [0, 0.1) is 0 Å². The molecule has 0 saturated carbocycles. The van der Waals surface area contributed by atoms with E-state index in [4.69, 9.17) is 16.3 Å². The van der Waals surface area contributed by atoms with Crippen LogP contribution in [0.1, 0.15) is 28.5 Å². The van der Waals surface area contributed by atoms with Gasteiger partial charge >= 0.3 is 0 Å². The summed E-state index contributed by atoms with van der Waals surface area (Å²) in [5, 5.41) is 7.10. The molecule has 0 saturated heterocycles. The van der Waals surface area contributed by atoms with Crippen molar-refractivity contribution in [2.75, 3.05) is 19.0 Å². The average Bonchev–Trinajstić information content (AvgIpc) is 3.07. The minimum atomic E-state index is -0.0978. The SMILES string of the molecule is CCc1c(Cl)cccc1Nc1c(-c2ccncc2OC)[nH]c2c1C(=O)NCC2. The Bertz CT molecular complexity index is 1040. The smallest absolute Gasteiger partial charge is 0.255 e. The molecule has 0 radical (unpaired) electrons. The van der Waals surface area contributed by atoms with Gasteiger partial charge in [0, 0.05) is 41.1 Å². The number of hydrogen-bond donors (Lipinski definition) is 3. The molecule has 1 aromatic carbocycles. The van der Waals surface area contributed by atoms with Crippen LogP contribution < -0.4 is 15.4 Å². The lowest BCUT2D eigenvalue weighted by atomic mass is 10.0. The standard InChI is InChI=1S/C21H21ClN4O2/c1-3-12-14(22)5-4-6-15(12)25-20-18-16(8-10-24-21(18)27)26-19(20)13-7-9-23-11-17(13)28-2/h4-7,9,11,25-26H,3,8,10H2,1-2H3,(H,24,27). The van der Waals surface area contributed by atoms with Crippen LogP contribution in [0.2, 0.25) is 5.02 Å². The van der Waals surface area contributed by atoms with Crippen molar-refractivity contribution in [1.82, 2.24) is 15.3 Å². The maximum atomic E-state index is 12.7. The van der Waals surface area contributed by atoms with Crippen LogP contribution in [0.15, 0.2) is 36.7 Å². The first-order valence-electron chi connectivity index (χ1n) is 9.19. The van der Waals surface area contributed by atoms with E-state index in [1.807, 2.05) is 24.3 Å². The fraction of sp³-hybridized carbons (Fsp3) is 0.238. The largest absolute Gasteiger partial charge is 0.494 e. The molecule has 0 unspecified atom stereocenters. The highest BCUT2D eigenvalue weighted by Gasteiger charge is 2.28. The molecule has 3 aromatic rings. The lowest BCUT2D eigenvalue weighted by molar-refractivity contribution is 0.0947. The molecule has 0 spiro atoms. The number of hydrogen-bond acceptors (Lipinski definition) is 4. The minimum absolute atomic E-state index is 0.0978. The number of halogens is 1. The van der Waals surface area contributed by atoms with Gasteiger partial charge < -0.3 is 20.4 Å². The van der Waals surface area contributed by atoms with Crippen molar-refractivity contribution >= 4 is 28.9 Å². The van der Waals surface area contributed by atoms with Crippen molar-refractivity contribution < 1.29 is 9.53 Å². The summed E-state index contributed by atoms with van der Waals surface area (Å²) in [5.41, 5.74) is 5.76. The number of ether oxygens (including phenoxy) is 1. The predicted molar refractivity (Wildman–Crippen MR) is 111 cm³/mol. The predicted octanol–water partition coefficient (Wildman–Crippen LogP) is 4.33. The minimum Gasteiger partial charge on any atom is -0.494 e. The zero-order chi connectivity index (χ0) is 19.7. The summed E-state index contributed by atoms with van der Waals surface area (Å²) < 4.78 is 5.50. The highest BCUT2D eigenvalue weighted by molar-refractivity contribution is 6.31. The third kappa shape index (κ3) is 3.10. The number of benzene rings is 1. The molecule has 4 rings (SSSR count). The second-order valence-electron chi connectivity index (χ2n) is 6.55. The second kappa shape index (κ2) is 7.56. The number of fused-ring (bicyclic) bond motifs is 1. The second-order valence-corrected chi connectivity index (χ2v) is 6.96. The van der Waals surface area contributed by atoms with Crippen molar-refractivity contribution in [1.29, 1.82) is 0 Å². The van der Waals surface area contributed by atoms with E-state index in [2.05, 4.69) is 27.5 Å². The van der Waals surface area contributed by atoms with E-state index in [1.54, 1.807) is 19.5 Å². The van der Waals surface area contributed by atoms with Crippen molar-refractivity contribution in [2.24, 2.45) is 0 Å². The fourth-order valence-electron chi connectivity index (χ4n) is 3.63. The van der Waals surface area contributed by atoms with Gasteiger partial charge in [0.25, 0.3) is 5.91 Å². The highest BCUT2D eigenvalue weighted by Crippen LogP contribution is 2.41. The van der Waals surface area contributed by atoms with Gasteiger partial charge in [-0.3, -0.25) is 9.78 Å². The maximum Gasteiger partial charge on any atom is 0.255 e. The molecule has 2 aromatic heterocycles. The van der Waals surface area contributed by atoms with Crippen molar-refractivity contribution in [2.45, 2.75) is 19.8 Å². The average molecular weight is 397 g/mol. The Morgan fingerprint density at radius 1 is 1.32 bits per heavy atom. The Morgan fingerprint density at radius 2 is 2.18 bits per heavy atom. The highest BCUT2D eigenvalue weighted by atomic mass is 35.5. The van der Waals surface area contributed by atoms with E-state index in [-0.39, 0.29) is 5.91 Å². The molecule has 3 N–H and O–H groups in total. The lowest BCUT2D eigenvalue weighted by Crippen LogP contribution is -2.31. The summed E-state index contributed by atoms with van der Waals surface area (Å²) >= 11 is 6.39. The van der Waals surface area contributed by atoms with E-state index in [1.165, 1.54) is 0 Å². The third-order valence-corrected chi connectivity index (χ3v) is 5.33. The van der Waals surface area contributed by atoms with Crippen molar-refractivity contribution in [3.63, 3.8) is 0 Å². The first-order chi connectivity index (χ1) is 13.6. The Balaban J connectivity index is 1.92. The normalized spacial score (nSPS) is 13.0. The van der Waals surface area contributed by atoms with Gasteiger partial charge in [-0.2, -0.15) is 0 Å². The van der Waals surface area contributed by atoms with Crippen LogP contribution in [0.25, 0.3) is 11.3 Å². The molecule has 28 heavy (non-hydrogen) atoms. The molecule has 0 atom stereocenters. The molecule has 1 amide bonds.